The molecule has 2 aliphatic rings. The Morgan fingerprint density at radius 3 is 2.67 bits per heavy atom. The molecule has 3 rings (SSSR count). The van der Waals surface area contributed by atoms with E-state index in [9.17, 15) is 14.7 Å². The van der Waals surface area contributed by atoms with E-state index in [1.165, 1.54) is 11.3 Å². The minimum absolute atomic E-state index is 0.0138. The van der Waals surface area contributed by atoms with Crippen LogP contribution in [0, 0.1) is 12.8 Å². The Morgan fingerprint density at radius 2 is 2.00 bits per heavy atom. The largest absolute Gasteiger partial charge is 0.480 e. The molecule has 21 heavy (non-hydrogen) atoms. The van der Waals surface area contributed by atoms with Crippen LogP contribution in [0.1, 0.15) is 55.0 Å². The second kappa shape index (κ2) is 5.46. The van der Waals surface area contributed by atoms with Gasteiger partial charge in [-0.2, -0.15) is 0 Å². The Labute approximate surface area is 122 Å². The third kappa shape index (κ3) is 2.52. The van der Waals surface area contributed by atoms with Crippen LogP contribution in [0.15, 0.2) is 0 Å². The zero-order valence-corrected chi connectivity index (χ0v) is 12.1. The number of likely N-dealkylation sites (tertiary alicyclic amines) is 1. The summed E-state index contributed by atoms with van der Waals surface area (Å²) in [6, 6.07) is -0.740. The van der Waals surface area contributed by atoms with Crippen LogP contribution in [0.25, 0.3) is 0 Å². The van der Waals surface area contributed by atoms with E-state index in [2.05, 4.69) is 15.2 Å². The van der Waals surface area contributed by atoms with Gasteiger partial charge >= 0.3 is 5.97 Å². The average molecular weight is 292 g/mol. The number of hydrogen-bond donors (Lipinski definition) is 2. The molecule has 1 aliphatic heterocycles. The van der Waals surface area contributed by atoms with Crippen LogP contribution in [-0.4, -0.2) is 49.1 Å². The highest BCUT2D eigenvalue weighted by Crippen LogP contribution is 2.38. The first-order valence-electron chi connectivity index (χ1n) is 7.52. The molecule has 1 aliphatic carbocycles. The molecule has 3 unspecified atom stereocenters. The quantitative estimate of drug-likeness (QED) is 0.857. The maximum Gasteiger partial charge on any atom is 0.326 e. The Kier molecular flexibility index (Phi) is 3.65. The number of H-pyrrole nitrogens is 1. The number of carboxylic acids is 1. The summed E-state index contributed by atoms with van der Waals surface area (Å²) in [6.45, 7) is 1.72. The highest BCUT2D eigenvalue weighted by atomic mass is 16.4. The predicted octanol–water partition coefficient (Wildman–Crippen LogP) is 1.36. The van der Waals surface area contributed by atoms with Crippen molar-refractivity contribution in [2.24, 2.45) is 5.92 Å². The summed E-state index contributed by atoms with van der Waals surface area (Å²) in [5.41, 5.74) is 0. The number of aliphatic carboxylic acids is 1. The van der Waals surface area contributed by atoms with E-state index in [1.807, 2.05) is 0 Å². The Morgan fingerprint density at radius 1 is 1.24 bits per heavy atom. The first kappa shape index (κ1) is 14.0. The van der Waals surface area contributed by atoms with Crippen LogP contribution in [0.2, 0.25) is 0 Å². The number of nitrogens with one attached hydrogen (secondary N) is 1. The summed E-state index contributed by atoms with van der Waals surface area (Å²) in [7, 11) is 0. The second-order valence-corrected chi connectivity index (χ2v) is 6.00. The van der Waals surface area contributed by atoms with Gasteiger partial charge in [-0.25, -0.2) is 9.78 Å². The van der Waals surface area contributed by atoms with Crippen LogP contribution >= 0.6 is 0 Å². The minimum atomic E-state index is -0.931. The van der Waals surface area contributed by atoms with Gasteiger partial charge in [0.25, 0.3) is 5.91 Å². The molecule has 7 nitrogen and oxygen atoms in total. The molecule has 0 radical (unpaired) electrons. The van der Waals surface area contributed by atoms with Gasteiger partial charge in [0.1, 0.15) is 11.9 Å². The highest BCUT2D eigenvalue weighted by molar-refractivity contribution is 5.94. The second-order valence-electron chi connectivity index (χ2n) is 6.00. The summed E-state index contributed by atoms with van der Waals surface area (Å²) in [5, 5.41) is 16.0. The summed E-state index contributed by atoms with van der Waals surface area (Å²) >= 11 is 0. The van der Waals surface area contributed by atoms with Crippen molar-refractivity contribution in [1.29, 1.82) is 0 Å². The van der Waals surface area contributed by atoms with Crippen LogP contribution in [0.3, 0.4) is 0 Å². The van der Waals surface area contributed by atoms with Crippen LogP contribution < -0.4 is 0 Å². The number of aromatic nitrogens is 3. The maximum absolute atomic E-state index is 12.7. The van der Waals surface area contributed by atoms with Crippen molar-refractivity contribution in [3.05, 3.63) is 11.6 Å². The van der Waals surface area contributed by atoms with E-state index < -0.39 is 12.0 Å². The molecule has 2 fully saturated rings. The van der Waals surface area contributed by atoms with Crippen molar-refractivity contribution < 1.29 is 14.7 Å². The zero-order chi connectivity index (χ0) is 15.0. The summed E-state index contributed by atoms with van der Waals surface area (Å²) in [6.07, 6.45) is 5.58. The molecule has 2 N–H and O–H groups in total. The number of nitrogens with zero attached hydrogens (tertiary/aromatic N) is 3. The maximum atomic E-state index is 12.7. The van der Waals surface area contributed by atoms with Gasteiger partial charge in [0.05, 0.1) is 0 Å². The van der Waals surface area contributed by atoms with Crippen molar-refractivity contribution in [3.8, 4) is 0 Å². The van der Waals surface area contributed by atoms with E-state index in [1.54, 1.807) is 6.92 Å². The van der Waals surface area contributed by atoms with E-state index in [0.29, 0.717) is 18.2 Å². The molecule has 114 valence electrons. The number of aromatic amines is 1. The fourth-order valence-electron chi connectivity index (χ4n) is 3.72. The molecule has 3 atom stereocenters. The van der Waals surface area contributed by atoms with Gasteiger partial charge in [0.15, 0.2) is 0 Å². The molecule has 1 aromatic heterocycles. The number of carboxylic acid groups (broad SMARTS) is 1. The smallest absolute Gasteiger partial charge is 0.326 e. The normalized spacial score (nSPS) is 29.0. The highest BCUT2D eigenvalue weighted by Gasteiger charge is 2.44. The van der Waals surface area contributed by atoms with Crippen molar-refractivity contribution >= 4 is 11.9 Å². The number of carbonyl (C=O) groups excluding carboxylic acids is 1. The molecule has 1 aromatic rings. The van der Waals surface area contributed by atoms with Crippen LogP contribution in [0.5, 0.6) is 0 Å². The lowest BCUT2D eigenvalue weighted by Gasteiger charge is -2.46. The molecule has 7 heteroatoms. The molecular formula is C14H20N4O3. The van der Waals surface area contributed by atoms with Crippen LogP contribution in [0.4, 0.5) is 0 Å². The first-order valence-corrected chi connectivity index (χ1v) is 7.52. The van der Waals surface area contributed by atoms with E-state index in [4.69, 9.17) is 0 Å². The SMILES string of the molecule is Cc1nc(C(=O)N2C(C(=O)O)CCC3CCCCC32)n[nH]1. The molecule has 1 saturated carbocycles. The average Bonchev–Trinajstić information content (AvgIpc) is 2.91. The first-order chi connectivity index (χ1) is 10.1. The van der Waals surface area contributed by atoms with Gasteiger partial charge in [-0.05, 0) is 38.5 Å². The monoisotopic (exact) mass is 292 g/mol. The van der Waals surface area contributed by atoms with Gasteiger partial charge < -0.3 is 10.0 Å². The molecule has 0 bridgehead atoms. The lowest BCUT2D eigenvalue weighted by atomic mass is 9.76. The van der Waals surface area contributed by atoms with E-state index in [-0.39, 0.29) is 17.8 Å². The summed E-state index contributed by atoms with van der Waals surface area (Å²) in [4.78, 5) is 29.8. The Hall–Kier alpha value is -1.92. The van der Waals surface area contributed by atoms with Gasteiger partial charge in [0, 0.05) is 6.04 Å². The molecule has 2 heterocycles. The standard InChI is InChI=1S/C14H20N4O3/c1-8-15-12(17-16-8)13(19)18-10-5-3-2-4-9(10)6-7-11(18)14(20)21/h9-11H,2-7H2,1H3,(H,20,21)(H,15,16,17). The van der Waals surface area contributed by atoms with Gasteiger partial charge in [0.2, 0.25) is 5.82 Å². The molecule has 0 spiro atoms. The van der Waals surface area contributed by atoms with E-state index in [0.717, 1.165) is 25.7 Å². The summed E-state index contributed by atoms with van der Waals surface area (Å²) < 4.78 is 0. The number of piperidine rings is 1. The molecule has 0 aromatic carbocycles. The summed E-state index contributed by atoms with van der Waals surface area (Å²) in [5.74, 6) is -0.242. The number of aryl methyl sites for hydroxylation is 1. The van der Waals surface area contributed by atoms with Crippen molar-refractivity contribution in [3.63, 3.8) is 0 Å². The fraction of sp³-hybridized carbons (Fsp3) is 0.714. The van der Waals surface area contributed by atoms with Gasteiger partial charge in [-0.3, -0.25) is 9.89 Å². The number of amides is 1. The lowest BCUT2D eigenvalue weighted by molar-refractivity contribution is -0.146. The van der Waals surface area contributed by atoms with E-state index >= 15 is 0 Å². The van der Waals surface area contributed by atoms with Gasteiger partial charge in [-0.15, -0.1) is 5.10 Å². The zero-order valence-electron chi connectivity index (χ0n) is 12.1. The number of fused-ring (bicyclic) bond motifs is 1. The molecule has 1 amide bonds. The van der Waals surface area contributed by atoms with Gasteiger partial charge in [-0.1, -0.05) is 12.8 Å². The minimum Gasteiger partial charge on any atom is -0.480 e. The predicted molar refractivity (Wildman–Crippen MR) is 73.7 cm³/mol. The Balaban J connectivity index is 1.92. The van der Waals surface area contributed by atoms with Crippen molar-refractivity contribution in [2.75, 3.05) is 0 Å². The molecule has 1 saturated heterocycles. The lowest BCUT2D eigenvalue weighted by Crippen LogP contribution is -2.57. The van der Waals surface area contributed by atoms with Crippen molar-refractivity contribution in [2.45, 2.75) is 57.5 Å². The number of carbonyl (C=O) groups is 2. The van der Waals surface area contributed by atoms with Crippen LogP contribution in [-0.2, 0) is 4.79 Å². The molecular weight excluding hydrogens is 272 g/mol. The number of hydrogen-bond acceptors (Lipinski definition) is 4. The van der Waals surface area contributed by atoms with Crippen molar-refractivity contribution in [1.82, 2.24) is 20.1 Å². The third-order valence-electron chi connectivity index (χ3n) is 4.68. The topological polar surface area (TPSA) is 99.2 Å². The fourth-order valence-corrected chi connectivity index (χ4v) is 3.72. The Bertz CT molecular complexity index is 556. The number of rotatable bonds is 2. The third-order valence-corrected chi connectivity index (χ3v) is 4.68.